The molecule has 122 valence electrons. The third-order valence-corrected chi connectivity index (χ3v) is 3.95. The molecule has 5 nitrogen and oxygen atoms in total. The molecule has 0 unspecified atom stereocenters. The number of carbonyl (C=O) groups is 1. The van der Waals surface area contributed by atoms with Gasteiger partial charge in [-0.05, 0) is 17.5 Å². The summed E-state index contributed by atoms with van der Waals surface area (Å²) in [7, 11) is 3.02. The van der Waals surface area contributed by atoms with Gasteiger partial charge in [0.25, 0.3) is 5.91 Å². The number of nitrogens with zero attached hydrogens (tertiary/aromatic N) is 1. The second-order valence-corrected chi connectivity index (χ2v) is 5.45. The summed E-state index contributed by atoms with van der Waals surface area (Å²) in [5, 5.41) is 4.96. The molecule has 0 saturated carbocycles. The van der Waals surface area contributed by atoms with Crippen LogP contribution in [-0.4, -0.2) is 25.1 Å². The van der Waals surface area contributed by atoms with E-state index in [2.05, 4.69) is 10.3 Å². The summed E-state index contributed by atoms with van der Waals surface area (Å²) >= 11 is 6.09. The Morgan fingerprint density at radius 1 is 1.12 bits per heavy atom. The molecule has 1 N–H and O–H groups in total. The van der Waals surface area contributed by atoms with E-state index in [1.807, 2.05) is 18.2 Å². The second-order valence-electron chi connectivity index (χ2n) is 5.04. The van der Waals surface area contributed by atoms with Gasteiger partial charge in [-0.1, -0.05) is 23.7 Å². The Morgan fingerprint density at radius 3 is 2.67 bits per heavy atom. The van der Waals surface area contributed by atoms with Gasteiger partial charge in [-0.3, -0.25) is 9.78 Å². The zero-order valence-electron chi connectivity index (χ0n) is 13.2. The van der Waals surface area contributed by atoms with Gasteiger partial charge in [-0.15, -0.1) is 0 Å². The number of benzene rings is 2. The number of anilines is 1. The Labute approximate surface area is 144 Å². The topological polar surface area (TPSA) is 60.5 Å². The number of hydrogen-bond acceptors (Lipinski definition) is 4. The van der Waals surface area contributed by atoms with Crippen molar-refractivity contribution in [3.63, 3.8) is 0 Å². The van der Waals surface area contributed by atoms with Gasteiger partial charge in [0.2, 0.25) is 0 Å². The highest BCUT2D eigenvalue weighted by Gasteiger charge is 2.15. The number of ether oxygens (including phenoxy) is 2. The lowest BCUT2D eigenvalue weighted by molar-refractivity contribution is 0.102. The molecule has 24 heavy (non-hydrogen) atoms. The maximum atomic E-state index is 12.7. The summed E-state index contributed by atoms with van der Waals surface area (Å²) in [6, 6.07) is 10.6. The summed E-state index contributed by atoms with van der Waals surface area (Å²) < 4.78 is 10.5. The van der Waals surface area contributed by atoms with Gasteiger partial charge >= 0.3 is 0 Å². The molecule has 0 aliphatic heterocycles. The molecular formula is C18H15ClN2O3. The molecule has 0 aliphatic carbocycles. The van der Waals surface area contributed by atoms with Crippen LogP contribution in [0.25, 0.3) is 10.8 Å². The van der Waals surface area contributed by atoms with Crippen molar-refractivity contribution >= 4 is 34.0 Å². The van der Waals surface area contributed by atoms with Gasteiger partial charge in [-0.25, -0.2) is 0 Å². The third kappa shape index (κ3) is 2.98. The smallest absolute Gasteiger partial charge is 0.256 e. The van der Waals surface area contributed by atoms with E-state index in [1.165, 1.54) is 14.2 Å². The van der Waals surface area contributed by atoms with Crippen molar-refractivity contribution < 1.29 is 14.3 Å². The number of amides is 1. The van der Waals surface area contributed by atoms with E-state index in [-0.39, 0.29) is 5.91 Å². The largest absolute Gasteiger partial charge is 0.495 e. The van der Waals surface area contributed by atoms with E-state index in [1.54, 1.807) is 30.6 Å². The maximum absolute atomic E-state index is 12.7. The van der Waals surface area contributed by atoms with Gasteiger partial charge in [0.15, 0.2) is 0 Å². The van der Waals surface area contributed by atoms with Gasteiger partial charge < -0.3 is 14.8 Å². The molecule has 0 spiro atoms. The van der Waals surface area contributed by atoms with Gasteiger partial charge in [0.1, 0.15) is 11.5 Å². The summed E-state index contributed by atoms with van der Waals surface area (Å²) in [6.45, 7) is 0. The molecule has 6 heteroatoms. The highest BCUT2D eigenvalue weighted by atomic mass is 35.5. The van der Waals surface area contributed by atoms with Crippen LogP contribution in [0.1, 0.15) is 10.4 Å². The minimum absolute atomic E-state index is 0.267. The summed E-state index contributed by atoms with van der Waals surface area (Å²) in [6.07, 6.45) is 3.36. The van der Waals surface area contributed by atoms with Gasteiger partial charge in [-0.2, -0.15) is 0 Å². The molecule has 0 aliphatic rings. The van der Waals surface area contributed by atoms with E-state index in [0.29, 0.717) is 27.8 Å². The Kier molecular flexibility index (Phi) is 4.53. The lowest BCUT2D eigenvalue weighted by atomic mass is 10.1. The summed E-state index contributed by atoms with van der Waals surface area (Å²) in [5.74, 6) is 0.635. The molecule has 1 amide bonds. The predicted octanol–water partition coefficient (Wildman–Crippen LogP) is 4.16. The van der Waals surface area contributed by atoms with E-state index < -0.39 is 0 Å². The second kappa shape index (κ2) is 6.76. The fraction of sp³-hybridized carbons (Fsp3) is 0.111. The van der Waals surface area contributed by atoms with Crippen LogP contribution in [-0.2, 0) is 0 Å². The first-order valence-electron chi connectivity index (χ1n) is 7.19. The minimum atomic E-state index is -0.267. The van der Waals surface area contributed by atoms with Crippen molar-refractivity contribution in [3.8, 4) is 11.5 Å². The summed E-state index contributed by atoms with van der Waals surface area (Å²) in [5.41, 5.74) is 1.00. The Hall–Kier alpha value is -2.79. The number of halogens is 1. The maximum Gasteiger partial charge on any atom is 0.256 e. The molecule has 0 bridgehead atoms. The normalized spacial score (nSPS) is 10.5. The van der Waals surface area contributed by atoms with Gasteiger partial charge in [0.05, 0.1) is 24.9 Å². The molecule has 2 aromatic carbocycles. The lowest BCUT2D eigenvalue weighted by Gasteiger charge is -2.14. The van der Waals surface area contributed by atoms with Crippen LogP contribution in [0.5, 0.6) is 11.5 Å². The average molecular weight is 343 g/mol. The van der Waals surface area contributed by atoms with Crippen molar-refractivity contribution in [2.24, 2.45) is 0 Å². The molecule has 3 rings (SSSR count). The van der Waals surface area contributed by atoms with Crippen LogP contribution in [0.2, 0.25) is 5.02 Å². The third-order valence-electron chi connectivity index (χ3n) is 3.65. The van der Waals surface area contributed by atoms with E-state index in [4.69, 9.17) is 21.1 Å². The van der Waals surface area contributed by atoms with Crippen molar-refractivity contribution in [2.75, 3.05) is 19.5 Å². The highest BCUT2D eigenvalue weighted by Crippen LogP contribution is 2.36. The van der Waals surface area contributed by atoms with E-state index in [9.17, 15) is 4.79 Å². The first kappa shape index (κ1) is 16.1. The molecule has 0 radical (unpaired) electrons. The quantitative estimate of drug-likeness (QED) is 0.773. The van der Waals surface area contributed by atoms with Crippen molar-refractivity contribution in [1.29, 1.82) is 0 Å². The standard InChI is InChI=1S/C18H15ClN2O3/c1-23-16-9-15(17(24-2)8-14(16)19)21-18(22)12-5-3-4-11-6-7-20-10-13(11)12/h3-10H,1-2H3,(H,21,22). The molecule has 1 aromatic heterocycles. The van der Waals surface area contributed by atoms with Crippen LogP contribution >= 0.6 is 11.6 Å². The molecule has 0 saturated heterocycles. The number of methoxy groups -OCH3 is 2. The Balaban J connectivity index is 2.00. The predicted molar refractivity (Wildman–Crippen MR) is 94.3 cm³/mol. The molecule has 0 fully saturated rings. The fourth-order valence-corrected chi connectivity index (χ4v) is 2.69. The molecule has 3 aromatic rings. The van der Waals surface area contributed by atoms with Crippen LogP contribution in [0, 0.1) is 0 Å². The van der Waals surface area contributed by atoms with Crippen molar-refractivity contribution in [2.45, 2.75) is 0 Å². The van der Waals surface area contributed by atoms with Crippen molar-refractivity contribution in [3.05, 3.63) is 59.4 Å². The first-order valence-corrected chi connectivity index (χ1v) is 7.57. The van der Waals surface area contributed by atoms with Crippen LogP contribution in [0.15, 0.2) is 48.8 Å². The zero-order valence-corrected chi connectivity index (χ0v) is 13.9. The monoisotopic (exact) mass is 342 g/mol. The number of nitrogens with one attached hydrogen (secondary N) is 1. The minimum Gasteiger partial charge on any atom is -0.495 e. The Morgan fingerprint density at radius 2 is 1.92 bits per heavy atom. The number of fused-ring (bicyclic) bond motifs is 1. The number of carbonyl (C=O) groups excluding carboxylic acids is 1. The Bertz CT molecular complexity index is 907. The number of rotatable bonds is 4. The highest BCUT2D eigenvalue weighted by molar-refractivity contribution is 6.32. The number of hydrogen-bond donors (Lipinski definition) is 1. The van der Waals surface area contributed by atoms with Crippen LogP contribution in [0.4, 0.5) is 5.69 Å². The SMILES string of the molecule is COc1cc(NC(=O)c2cccc3ccncc23)c(OC)cc1Cl. The van der Waals surface area contributed by atoms with Gasteiger partial charge in [0, 0.05) is 35.5 Å². The molecule has 0 atom stereocenters. The van der Waals surface area contributed by atoms with Crippen LogP contribution < -0.4 is 14.8 Å². The van der Waals surface area contributed by atoms with E-state index >= 15 is 0 Å². The molecular weight excluding hydrogens is 328 g/mol. The van der Waals surface area contributed by atoms with Crippen molar-refractivity contribution in [1.82, 2.24) is 4.98 Å². The fourth-order valence-electron chi connectivity index (χ4n) is 2.46. The molecule has 1 heterocycles. The van der Waals surface area contributed by atoms with Crippen LogP contribution in [0.3, 0.4) is 0 Å². The average Bonchev–Trinajstić information content (AvgIpc) is 2.62. The lowest BCUT2D eigenvalue weighted by Crippen LogP contribution is -2.13. The van der Waals surface area contributed by atoms with E-state index in [0.717, 1.165) is 10.8 Å². The summed E-state index contributed by atoms with van der Waals surface area (Å²) in [4.78, 5) is 16.8. The first-order chi connectivity index (χ1) is 11.6. The number of pyridine rings is 1. The number of aromatic nitrogens is 1. The zero-order chi connectivity index (χ0) is 17.1.